The summed E-state index contributed by atoms with van der Waals surface area (Å²) in [5.41, 5.74) is 3.34. The predicted molar refractivity (Wildman–Crippen MR) is 107 cm³/mol. The van der Waals surface area contributed by atoms with Crippen LogP contribution in [0.15, 0.2) is 42.9 Å². The summed E-state index contributed by atoms with van der Waals surface area (Å²) in [6.45, 7) is 0.654. The fourth-order valence-corrected chi connectivity index (χ4v) is 4.02. The van der Waals surface area contributed by atoms with Crippen LogP contribution in [0.5, 0.6) is 0 Å². The molecule has 0 spiro atoms. The topological polar surface area (TPSA) is 63.9 Å². The van der Waals surface area contributed by atoms with E-state index >= 15 is 0 Å². The van der Waals surface area contributed by atoms with E-state index in [0.29, 0.717) is 29.9 Å². The molecule has 1 amide bonds. The Morgan fingerprint density at radius 2 is 1.87 bits per heavy atom. The number of aryl methyl sites for hydroxylation is 1. The highest BCUT2D eigenvalue weighted by Crippen LogP contribution is 2.32. The minimum Gasteiger partial charge on any atom is -0.332 e. The Labute approximate surface area is 175 Å². The predicted octanol–water partition coefficient (Wildman–Crippen LogP) is 3.65. The van der Waals surface area contributed by atoms with E-state index in [1.54, 1.807) is 36.5 Å². The molecule has 0 aliphatic carbocycles. The standard InChI is InChI=1S/C22H16F3N5O/c1-29-21(12-7-16(23)20(25)17(24)8-12)15-3-5-30(11-19(15)28-29)22(31)14-6-13-9-26-4-2-18(13)27-10-14/h2,4,6-10H,3,5,11H2,1H3. The second kappa shape index (κ2) is 7.19. The first kappa shape index (κ1) is 19.2. The number of aromatic nitrogens is 4. The van der Waals surface area contributed by atoms with Crippen molar-refractivity contribution in [2.24, 2.45) is 7.05 Å². The first-order valence-corrected chi connectivity index (χ1v) is 9.61. The van der Waals surface area contributed by atoms with Crippen LogP contribution in [0, 0.1) is 17.5 Å². The van der Waals surface area contributed by atoms with Crippen LogP contribution in [0.3, 0.4) is 0 Å². The summed E-state index contributed by atoms with van der Waals surface area (Å²) in [5.74, 6) is -4.20. The second-order valence-corrected chi connectivity index (χ2v) is 7.42. The maximum atomic E-state index is 13.8. The molecule has 0 unspecified atom stereocenters. The number of carbonyl (C=O) groups is 1. The molecule has 1 aliphatic heterocycles. The Kier molecular flexibility index (Phi) is 4.46. The van der Waals surface area contributed by atoms with Gasteiger partial charge in [-0.05, 0) is 30.7 Å². The molecule has 0 radical (unpaired) electrons. The summed E-state index contributed by atoms with van der Waals surface area (Å²) in [4.78, 5) is 23.1. The highest BCUT2D eigenvalue weighted by Gasteiger charge is 2.28. The van der Waals surface area contributed by atoms with Crippen molar-refractivity contribution >= 4 is 16.8 Å². The average Bonchev–Trinajstić information content (AvgIpc) is 3.11. The molecule has 0 N–H and O–H groups in total. The Balaban J connectivity index is 1.46. The number of carbonyl (C=O) groups excluding carboxylic acids is 1. The van der Waals surface area contributed by atoms with Gasteiger partial charge in [0.15, 0.2) is 17.5 Å². The fourth-order valence-electron chi connectivity index (χ4n) is 4.02. The third-order valence-corrected chi connectivity index (χ3v) is 5.47. The molecule has 3 aromatic heterocycles. The number of amides is 1. The maximum Gasteiger partial charge on any atom is 0.255 e. The largest absolute Gasteiger partial charge is 0.332 e. The molecule has 1 aliphatic rings. The SMILES string of the molecule is Cn1nc2c(c1-c1cc(F)c(F)c(F)c1)CCN(C(=O)c1cnc3ccncc3c1)C2. The molecule has 0 saturated heterocycles. The Morgan fingerprint density at radius 1 is 1.10 bits per heavy atom. The Bertz CT molecular complexity index is 1330. The van der Waals surface area contributed by atoms with E-state index in [9.17, 15) is 18.0 Å². The van der Waals surface area contributed by atoms with E-state index in [2.05, 4.69) is 15.1 Å². The lowest BCUT2D eigenvalue weighted by Crippen LogP contribution is -2.36. The summed E-state index contributed by atoms with van der Waals surface area (Å²) in [6, 6.07) is 5.44. The van der Waals surface area contributed by atoms with Crippen molar-refractivity contribution in [3.05, 3.63) is 77.1 Å². The van der Waals surface area contributed by atoms with Gasteiger partial charge in [0.05, 0.1) is 29.0 Å². The van der Waals surface area contributed by atoms with Gasteiger partial charge >= 0.3 is 0 Å². The van der Waals surface area contributed by atoms with Gasteiger partial charge in [0.1, 0.15) is 0 Å². The normalized spacial score (nSPS) is 13.5. The van der Waals surface area contributed by atoms with Gasteiger partial charge in [-0.15, -0.1) is 0 Å². The van der Waals surface area contributed by atoms with Crippen LogP contribution in [-0.4, -0.2) is 37.1 Å². The molecule has 4 aromatic rings. The molecule has 0 bridgehead atoms. The van der Waals surface area contributed by atoms with Gasteiger partial charge in [0.25, 0.3) is 5.91 Å². The second-order valence-electron chi connectivity index (χ2n) is 7.42. The lowest BCUT2D eigenvalue weighted by molar-refractivity contribution is 0.0732. The van der Waals surface area contributed by atoms with Crippen LogP contribution >= 0.6 is 0 Å². The van der Waals surface area contributed by atoms with Crippen molar-refractivity contribution in [3.63, 3.8) is 0 Å². The van der Waals surface area contributed by atoms with Crippen molar-refractivity contribution in [1.82, 2.24) is 24.6 Å². The molecule has 0 saturated carbocycles. The molecule has 4 heterocycles. The molecule has 6 nitrogen and oxygen atoms in total. The van der Waals surface area contributed by atoms with Crippen LogP contribution in [-0.2, 0) is 20.0 Å². The highest BCUT2D eigenvalue weighted by atomic mass is 19.2. The number of pyridine rings is 2. The lowest BCUT2D eigenvalue weighted by Gasteiger charge is -2.26. The van der Waals surface area contributed by atoms with E-state index in [0.717, 1.165) is 28.6 Å². The highest BCUT2D eigenvalue weighted by molar-refractivity contribution is 5.97. The van der Waals surface area contributed by atoms with Gasteiger partial charge in [-0.1, -0.05) is 0 Å². The van der Waals surface area contributed by atoms with E-state index in [-0.39, 0.29) is 18.0 Å². The van der Waals surface area contributed by atoms with Crippen molar-refractivity contribution in [2.75, 3.05) is 6.54 Å². The van der Waals surface area contributed by atoms with Crippen molar-refractivity contribution < 1.29 is 18.0 Å². The zero-order valence-electron chi connectivity index (χ0n) is 16.4. The first-order chi connectivity index (χ1) is 14.9. The van der Waals surface area contributed by atoms with Gasteiger partial charge in [-0.2, -0.15) is 5.10 Å². The number of fused-ring (bicyclic) bond motifs is 2. The molecule has 31 heavy (non-hydrogen) atoms. The third-order valence-electron chi connectivity index (χ3n) is 5.47. The van der Waals surface area contributed by atoms with Crippen LogP contribution in [0.2, 0.25) is 0 Å². The van der Waals surface area contributed by atoms with Gasteiger partial charge in [-0.25, -0.2) is 13.2 Å². The quantitative estimate of drug-likeness (QED) is 0.462. The van der Waals surface area contributed by atoms with E-state index in [1.807, 2.05) is 0 Å². The molecular formula is C22H16F3N5O. The van der Waals surface area contributed by atoms with Gasteiger partial charge in [-0.3, -0.25) is 19.4 Å². The van der Waals surface area contributed by atoms with Crippen LogP contribution in [0.4, 0.5) is 13.2 Å². The molecule has 5 rings (SSSR count). The van der Waals surface area contributed by atoms with Gasteiger partial charge in [0.2, 0.25) is 0 Å². The molecule has 0 fully saturated rings. The number of hydrogen-bond acceptors (Lipinski definition) is 4. The molecule has 156 valence electrons. The van der Waals surface area contributed by atoms with Gasteiger partial charge < -0.3 is 4.90 Å². The summed E-state index contributed by atoms with van der Waals surface area (Å²) in [6.07, 6.45) is 5.28. The lowest BCUT2D eigenvalue weighted by atomic mass is 9.99. The monoisotopic (exact) mass is 423 g/mol. The molecule has 9 heteroatoms. The third kappa shape index (κ3) is 3.22. The summed E-state index contributed by atoms with van der Waals surface area (Å²) in [5, 5.41) is 5.21. The molecule has 0 atom stereocenters. The summed E-state index contributed by atoms with van der Waals surface area (Å²) < 4.78 is 42.4. The summed E-state index contributed by atoms with van der Waals surface area (Å²) in [7, 11) is 1.65. The minimum atomic E-state index is -1.50. The Morgan fingerprint density at radius 3 is 2.65 bits per heavy atom. The van der Waals surface area contributed by atoms with Crippen molar-refractivity contribution in [2.45, 2.75) is 13.0 Å². The smallest absolute Gasteiger partial charge is 0.255 e. The zero-order valence-corrected chi connectivity index (χ0v) is 16.4. The molecular weight excluding hydrogens is 407 g/mol. The van der Waals surface area contributed by atoms with E-state index in [4.69, 9.17) is 0 Å². The van der Waals surface area contributed by atoms with Gasteiger partial charge in [0, 0.05) is 48.7 Å². The summed E-state index contributed by atoms with van der Waals surface area (Å²) >= 11 is 0. The van der Waals surface area contributed by atoms with E-state index in [1.165, 1.54) is 10.9 Å². The first-order valence-electron chi connectivity index (χ1n) is 9.61. The number of nitrogens with zero attached hydrogens (tertiary/aromatic N) is 5. The maximum absolute atomic E-state index is 13.8. The number of halogens is 3. The molecule has 1 aromatic carbocycles. The number of hydrogen-bond donors (Lipinski definition) is 0. The van der Waals surface area contributed by atoms with Crippen molar-refractivity contribution in [3.8, 4) is 11.3 Å². The minimum absolute atomic E-state index is 0.185. The fraction of sp³-hybridized carbons (Fsp3) is 0.182. The Hall–Kier alpha value is -3.75. The van der Waals surface area contributed by atoms with Crippen LogP contribution in [0.25, 0.3) is 22.2 Å². The zero-order chi connectivity index (χ0) is 21.7. The van der Waals surface area contributed by atoms with Crippen LogP contribution < -0.4 is 0 Å². The van der Waals surface area contributed by atoms with Crippen LogP contribution in [0.1, 0.15) is 21.6 Å². The van der Waals surface area contributed by atoms with E-state index < -0.39 is 17.5 Å². The number of benzene rings is 1. The average molecular weight is 423 g/mol. The van der Waals surface area contributed by atoms with Crippen molar-refractivity contribution in [1.29, 1.82) is 0 Å². The number of rotatable bonds is 2.